The minimum atomic E-state index is -4.46. The highest BCUT2D eigenvalue weighted by Gasteiger charge is 2.43. The Hall–Kier alpha value is -0.660. The van der Waals surface area contributed by atoms with E-state index in [0.717, 1.165) is 24.2 Å². The number of aromatic nitrogens is 1. The fourth-order valence-electron chi connectivity index (χ4n) is 2.64. The van der Waals surface area contributed by atoms with Crippen molar-refractivity contribution in [3.05, 3.63) is 15.6 Å². The molecule has 0 amide bonds. The molecule has 0 aliphatic heterocycles. The van der Waals surface area contributed by atoms with E-state index in [-0.39, 0.29) is 11.4 Å². The molecule has 0 saturated heterocycles. The van der Waals surface area contributed by atoms with E-state index in [1.54, 1.807) is 7.11 Å². The van der Waals surface area contributed by atoms with Crippen LogP contribution in [0.1, 0.15) is 48.2 Å². The van der Waals surface area contributed by atoms with Crippen LogP contribution in [0.3, 0.4) is 0 Å². The van der Waals surface area contributed by atoms with Gasteiger partial charge in [0, 0.05) is 13.7 Å². The monoisotopic (exact) mass is 308 g/mol. The Balaban J connectivity index is 2.38. The van der Waals surface area contributed by atoms with Gasteiger partial charge in [-0.1, -0.05) is 6.92 Å². The number of methoxy groups -OCH3 is 1. The average Bonchev–Trinajstić information content (AvgIpc) is 2.85. The van der Waals surface area contributed by atoms with Crippen molar-refractivity contribution in [1.82, 2.24) is 4.98 Å². The molecule has 1 aromatic heterocycles. The van der Waals surface area contributed by atoms with E-state index in [2.05, 4.69) is 11.9 Å². The number of nitrogens with zero attached hydrogens (tertiary/aromatic N) is 1. The first kappa shape index (κ1) is 15.7. The highest BCUT2D eigenvalue weighted by Crippen LogP contribution is 2.45. The second kappa shape index (κ2) is 5.61. The van der Waals surface area contributed by atoms with Gasteiger partial charge in [0.2, 0.25) is 0 Å². The molecule has 1 saturated carbocycles. The lowest BCUT2D eigenvalue weighted by Crippen LogP contribution is -2.33. The molecule has 1 aliphatic rings. The summed E-state index contributed by atoms with van der Waals surface area (Å²) in [5.41, 5.74) is 3.90. The third-order valence-corrected chi connectivity index (χ3v) is 5.28. The molecule has 1 heterocycles. The molecule has 1 aliphatic carbocycles. The molecule has 0 aromatic carbocycles. The Morgan fingerprint density at radius 1 is 1.40 bits per heavy atom. The van der Waals surface area contributed by atoms with Crippen molar-refractivity contribution in [3.63, 3.8) is 0 Å². The minimum Gasteiger partial charge on any atom is -0.371 e. The van der Waals surface area contributed by atoms with E-state index in [1.165, 1.54) is 0 Å². The maximum atomic E-state index is 13.0. The minimum absolute atomic E-state index is 0.0857. The van der Waals surface area contributed by atoms with Crippen molar-refractivity contribution in [1.29, 1.82) is 0 Å². The first-order valence-corrected chi connectivity index (χ1v) is 7.46. The Morgan fingerprint density at radius 2 is 2.00 bits per heavy atom. The second-order valence-electron chi connectivity index (χ2n) is 5.37. The van der Waals surface area contributed by atoms with Crippen LogP contribution in [0.4, 0.5) is 13.2 Å². The predicted octanol–water partition coefficient (Wildman–Crippen LogP) is 3.67. The molecule has 20 heavy (non-hydrogen) atoms. The van der Waals surface area contributed by atoms with Gasteiger partial charge in [-0.3, -0.25) is 0 Å². The SMILES string of the molecule is COC1(c2nc(C(F)(F)F)c(CN)s2)CCC(C)CC1. The lowest BCUT2D eigenvalue weighted by molar-refractivity contribution is -0.141. The number of thiazole rings is 1. The summed E-state index contributed by atoms with van der Waals surface area (Å²) in [5.74, 6) is 0.578. The van der Waals surface area contributed by atoms with Gasteiger partial charge in [0.25, 0.3) is 0 Å². The fraction of sp³-hybridized carbons (Fsp3) is 0.769. The van der Waals surface area contributed by atoms with Crippen molar-refractivity contribution >= 4 is 11.3 Å². The molecule has 0 spiro atoms. The van der Waals surface area contributed by atoms with E-state index in [1.807, 2.05) is 0 Å². The molecular formula is C13H19F3N2OS. The Morgan fingerprint density at radius 3 is 2.40 bits per heavy atom. The molecular weight excluding hydrogens is 289 g/mol. The summed E-state index contributed by atoms with van der Waals surface area (Å²) in [6.07, 6.45) is -1.17. The van der Waals surface area contributed by atoms with Crippen molar-refractivity contribution in [2.45, 2.75) is 50.9 Å². The summed E-state index contributed by atoms with van der Waals surface area (Å²) in [4.78, 5) is 3.92. The van der Waals surface area contributed by atoms with E-state index in [4.69, 9.17) is 10.5 Å². The van der Waals surface area contributed by atoms with E-state index >= 15 is 0 Å². The molecule has 0 radical (unpaired) electrons. The Bertz CT molecular complexity index is 465. The molecule has 0 unspecified atom stereocenters. The fourth-order valence-corrected chi connectivity index (χ4v) is 3.83. The lowest BCUT2D eigenvalue weighted by Gasteiger charge is -2.36. The predicted molar refractivity (Wildman–Crippen MR) is 71.3 cm³/mol. The van der Waals surface area contributed by atoms with Crippen molar-refractivity contribution in [3.8, 4) is 0 Å². The Kier molecular flexibility index (Phi) is 4.41. The van der Waals surface area contributed by atoms with Crippen molar-refractivity contribution < 1.29 is 17.9 Å². The molecule has 114 valence electrons. The molecule has 7 heteroatoms. The number of ether oxygens (including phenoxy) is 1. The highest BCUT2D eigenvalue weighted by atomic mass is 32.1. The maximum absolute atomic E-state index is 13.0. The van der Waals surface area contributed by atoms with Crippen LogP contribution < -0.4 is 5.73 Å². The summed E-state index contributed by atoms with van der Waals surface area (Å²) < 4.78 is 44.4. The van der Waals surface area contributed by atoms with Gasteiger partial charge in [-0.2, -0.15) is 13.2 Å². The first-order valence-electron chi connectivity index (χ1n) is 6.65. The summed E-state index contributed by atoms with van der Waals surface area (Å²) in [6.45, 7) is 2.00. The zero-order valence-electron chi connectivity index (χ0n) is 11.6. The van der Waals surface area contributed by atoms with Gasteiger partial charge in [0.05, 0.1) is 4.88 Å². The van der Waals surface area contributed by atoms with Crippen LogP contribution in [0.25, 0.3) is 0 Å². The summed E-state index contributed by atoms with van der Waals surface area (Å²) in [7, 11) is 1.55. The lowest BCUT2D eigenvalue weighted by atomic mass is 9.80. The number of alkyl halides is 3. The van der Waals surface area contributed by atoms with Crippen LogP contribution in [-0.2, 0) is 23.1 Å². The van der Waals surface area contributed by atoms with Crippen LogP contribution in [0, 0.1) is 5.92 Å². The summed E-state index contributed by atoms with van der Waals surface area (Å²) >= 11 is 1.04. The number of rotatable bonds is 3. The molecule has 0 atom stereocenters. The molecule has 2 N–H and O–H groups in total. The summed E-state index contributed by atoms with van der Waals surface area (Å²) in [6, 6.07) is 0. The normalized spacial score (nSPS) is 27.8. The number of hydrogen-bond donors (Lipinski definition) is 1. The van der Waals surface area contributed by atoms with Gasteiger partial charge >= 0.3 is 6.18 Å². The second-order valence-corrected chi connectivity index (χ2v) is 6.46. The van der Waals surface area contributed by atoms with Crippen LogP contribution >= 0.6 is 11.3 Å². The molecule has 1 fully saturated rings. The van der Waals surface area contributed by atoms with Crippen molar-refractivity contribution in [2.75, 3.05) is 7.11 Å². The molecule has 2 rings (SSSR count). The molecule has 1 aromatic rings. The van der Waals surface area contributed by atoms with Gasteiger partial charge in [-0.05, 0) is 31.6 Å². The van der Waals surface area contributed by atoms with Crippen LogP contribution in [-0.4, -0.2) is 12.1 Å². The molecule has 0 bridgehead atoms. The van der Waals surface area contributed by atoms with Crippen LogP contribution in [0.2, 0.25) is 0 Å². The van der Waals surface area contributed by atoms with Crippen molar-refractivity contribution in [2.24, 2.45) is 11.7 Å². The van der Waals surface area contributed by atoms with Gasteiger partial charge < -0.3 is 10.5 Å². The maximum Gasteiger partial charge on any atom is 0.434 e. The zero-order chi connectivity index (χ0) is 15.0. The van der Waals surface area contributed by atoms with Crippen LogP contribution in [0.15, 0.2) is 0 Å². The molecule has 3 nitrogen and oxygen atoms in total. The van der Waals surface area contributed by atoms with E-state index in [0.29, 0.717) is 23.8 Å². The third kappa shape index (κ3) is 2.84. The zero-order valence-corrected chi connectivity index (χ0v) is 12.4. The highest BCUT2D eigenvalue weighted by molar-refractivity contribution is 7.11. The number of hydrogen-bond acceptors (Lipinski definition) is 4. The average molecular weight is 308 g/mol. The number of halogens is 3. The largest absolute Gasteiger partial charge is 0.434 e. The smallest absolute Gasteiger partial charge is 0.371 e. The topological polar surface area (TPSA) is 48.1 Å². The van der Waals surface area contributed by atoms with Gasteiger partial charge in [-0.15, -0.1) is 11.3 Å². The number of nitrogens with two attached hydrogens (primary N) is 1. The van der Waals surface area contributed by atoms with E-state index in [9.17, 15) is 13.2 Å². The first-order chi connectivity index (χ1) is 9.32. The van der Waals surface area contributed by atoms with Gasteiger partial charge in [-0.25, -0.2) is 4.98 Å². The quantitative estimate of drug-likeness (QED) is 0.927. The standard InChI is InChI=1S/C13H19F3N2OS/c1-8-3-5-12(19-2,6-4-8)11-18-10(13(14,15)16)9(7-17)20-11/h8H,3-7,17H2,1-2H3. The van der Waals surface area contributed by atoms with E-state index < -0.39 is 17.5 Å². The van der Waals surface area contributed by atoms with Gasteiger partial charge in [0.15, 0.2) is 5.69 Å². The Labute approximate surface area is 120 Å². The third-order valence-electron chi connectivity index (χ3n) is 4.01. The van der Waals surface area contributed by atoms with Gasteiger partial charge in [0.1, 0.15) is 10.6 Å². The van der Waals surface area contributed by atoms with Crippen LogP contribution in [0.5, 0.6) is 0 Å². The summed E-state index contributed by atoms with van der Waals surface area (Å²) in [5, 5.41) is 0.416.